The maximum absolute atomic E-state index is 13.0. The van der Waals surface area contributed by atoms with E-state index >= 15 is 0 Å². The number of halogens is 3. The number of nitrogen functional groups attached to an aromatic ring is 1. The summed E-state index contributed by atoms with van der Waals surface area (Å²) in [6.45, 7) is 2.29. The van der Waals surface area contributed by atoms with Crippen molar-refractivity contribution in [2.45, 2.75) is 19.8 Å². The lowest BCUT2D eigenvalue weighted by Crippen LogP contribution is -3.00. The van der Waals surface area contributed by atoms with Crippen LogP contribution in [0.5, 0.6) is 5.75 Å². The Morgan fingerprint density at radius 2 is 1.88 bits per heavy atom. The van der Waals surface area contributed by atoms with Gasteiger partial charge in [-0.25, -0.2) is 4.79 Å². The molecular weight excluding hydrogens is 620 g/mol. The largest absolute Gasteiger partial charge is 1.00 e. The van der Waals surface area contributed by atoms with Gasteiger partial charge < -0.3 is 37.0 Å². The minimum atomic E-state index is -0.585. The number of fused-ring (bicyclic) bond motifs is 2. The summed E-state index contributed by atoms with van der Waals surface area (Å²) in [6, 6.07) is 12.1. The summed E-state index contributed by atoms with van der Waals surface area (Å²) in [5.74, 6) is -0.250. The summed E-state index contributed by atoms with van der Waals surface area (Å²) in [4.78, 5) is 13.0. The van der Waals surface area contributed by atoms with Crippen molar-refractivity contribution in [3.8, 4) is 28.2 Å². The van der Waals surface area contributed by atoms with E-state index in [9.17, 15) is 9.90 Å². The molecule has 0 fully saturated rings. The number of unbranched alkanes of at least 4 members (excludes halogenated alkanes) is 1. The van der Waals surface area contributed by atoms with Crippen LogP contribution in [0.1, 0.15) is 30.1 Å². The van der Waals surface area contributed by atoms with Gasteiger partial charge in [-0.05, 0) is 62.5 Å². The number of nitrogens with two attached hydrogens (primary N) is 2. The predicted octanol–water partition coefficient (Wildman–Crippen LogP) is 1.64. The van der Waals surface area contributed by atoms with Crippen LogP contribution in [0.25, 0.3) is 33.4 Å². The Morgan fingerprint density at radius 1 is 1.12 bits per heavy atom. The van der Waals surface area contributed by atoms with E-state index < -0.39 is 5.97 Å². The second kappa shape index (κ2) is 10.3. The van der Waals surface area contributed by atoms with E-state index in [0.717, 1.165) is 12.8 Å². The number of benzene rings is 3. The van der Waals surface area contributed by atoms with Crippen molar-refractivity contribution in [3.63, 3.8) is 0 Å². The van der Waals surface area contributed by atoms with Crippen molar-refractivity contribution in [2.75, 3.05) is 12.3 Å². The van der Waals surface area contributed by atoms with Gasteiger partial charge in [-0.2, -0.15) is 0 Å². The lowest BCUT2D eigenvalue weighted by atomic mass is 9.90. The molecule has 1 heterocycles. The third-order valence-electron chi connectivity index (χ3n) is 5.24. The molecule has 0 bridgehead atoms. The standard InChI is InChI=1S/C24H20Br2N2O4.BrH/c1-2-3-11-31-24(30)19-12(5-4-6-17(19)29)18-13-7-9-15(27)20(25)22(13)32-23-14(18)8-10-16(28)21(23)26;/h4-10,27,29H,2-3,11,28H2,1H3;1H. The normalized spacial score (nSPS) is 10.9. The molecule has 0 amide bonds. The Kier molecular flexibility index (Phi) is 7.87. The summed E-state index contributed by atoms with van der Waals surface area (Å²) in [7, 11) is 0. The lowest BCUT2D eigenvalue weighted by molar-refractivity contribution is -0.173. The van der Waals surface area contributed by atoms with Gasteiger partial charge in [0.2, 0.25) is 5.36 Å². The van der Waals surface area contributed by atoms with Crippen LogP contribution < -0.4 is 33.5 Å². The molecule has 6 nitrogen and oxygen atoms in total. The van der Waals surface area contributed by atoms with Gasteiger partial charge in [-0.1, -0.05) is 25.5 Å². The summed E-state index contributed by atoms with van der Waals surface area (Å²) >= 11 is 7.03. The zero-order valence-electron chi connectivity index (χ0n) is 17.6. The molecule has 0 unspecified atom stereocenters. The van der Waals surface area contributed by atoms with E-state index in [1.165, 1.54) is 6.07 Å². The molecule has 1 aliphatic heterocycles. The van der Waals surface area contributed by atoms with Crippen LogP contribution in [0.4, 0.5) is 5.69 Å². The summed E-state index contributed by atoms with van der Waals surface area (Å²) in [5, 5.41) is 18.0. The molecule has 172 valence electrons. The number of esters is 1. The zero-order valence-corrected chi connectivity index (χ0v) is 22.4. The second-order valence-corrected chi connectivity index (χ2v) is 8.94. The van der Waals surface area contributed by atoms with Gasteiger partial charge in [0.1, 0.15) is 15.8 Å². The van der Waals surface area contributed by atoms with E-state index in [-0.39, 0.29) is 34.9 Å². The van der Waals surface area contributed by atoms with Crippen molar-refractivity contribution in [1.29, 1.82) is 0 Å². The van der Waals surface area contributed by atoms with Gasteiger partial charge in [0.25, 0.3) is 0 Å². The fraction of sp³-hybridized carbons (Fsp3) is 0.167. The quantitative estimate of drug-likeness (QED) is 0.133. The molecule has 0 aromatic heterocycles. The Hall–Kier alpha value is -2.36. The first-order valence-electron chi connectivity index (χ1n) is 10.1. The highest BCUT2D eigenvalue weighted by molar-refractivity contribution is 9.11. The summed E-state index contributed by atoms with van der Waals surface area (Å²) < 4.78 is 12.8. The first-order chi connectivity index (χ1) is 15.3. The Labute approximate surface area is 217 Å². The van der Waals surface area contributed by atoms with Gasteiger partial charge in [0.05, 0.1) is 11.1 Å². The van der Waals surface area contributed by atoms with Gasteiger partial charge in [0, 0.05) is 33.8 Å². The van der Waals surface area contributed by atoms with Gasteiger partial charge in [-0.3, -0.25) is 5.41 Å². The first-order valence-corrected chi connectivity index (χ1v) is 11.6. The van der Waals surface area contributed by atoms with E-state index in [1.807, 2.05) is 19.1 Å². The number of rotatable bonds is 5. The molecule has 0 atom stereocenters. The van der Waals surface area contributed by atoms with Gasteiger partial charge in [0.15, 0.2) is 11.3 Å². The number of anilines is 1. The number of hydrogen-bond donors (Lipinski definition) is 3. The van der Waals surface area contributed by atoms with Crippen LogP contribution in [0.2, 0.25) is 0 Å². The smallest absolute Gasteiger partial charge is 0.342 e. The zero-order chi connectivity index (χ0) is 23.0. The number of phenols is 1. The fourth-order valence-electron chi connectivity index (χ4n) is 3.62. The number of phenolic OH excluding ortho intramolecular Hbond substituents is 1. The van der Waals surface area contributed by atoms with Gasteiger partial charge in [-0.15, -0.1) is 0 Å². The topological polar surface area (TPSA) is 111 Å². The Morgan fingerprint density at radius 3 is 2.61 bits per heavy atom. The molecule has 1 aliphatic carbocycles. The molecule has 0 radical (unpaired) electrons. The molecule has 0 saturated heterocycles. The molecule has 0 spiro atoms. The first kappa shape index (κ1) is 25.3. The molecule has 0 saturated carbocycles. The number of ether oxygens (including phenoxy) is 1. The fourth-order valence-corrected chi connectivity index (χ4v) is 4.47. The monoisotopic (exact) mass is 638 g/mol. The SMILES string of the molecule is CCCCOC(=O)c1c(O)cccc1-c1c2ccc(=[NH2+])c(Br)c-2oc2c(Br)c(N)ccc12.[Br-]. The van der Waals surface area contributed by atoms with E-state index in [0.29, 0.717) is 53.4 Å². The number of carbonyl (C=O) groups is 1. The molecule has 9 heteroatoms. The highest BCUT2D eigenvalue weighted by Crippen LogP contribution is 2.46. The second-order valence-electron chi connectivity index (χ2n) is 7.36. The average Bonchev–Trinajstić information content (AvgIpc) is 2.78. The van der Waals surface area contributed by atoms with Crippen molar-refractivity contribution in [1.82, 2.24) is 0 Å². The van der Waals surface area contributed by atoms with Crippen LogP contribution in [0.3, 0.4) is 0 Å². The highest BCUT2D eigenvalue weighted by atomic mass is 79.9. The molecule has 5 N–H and O–H groups in total. The average molecular weight is 641 g/mol. The maximum atomic E-state index is 13.0. The minimum Gasteiger partial charge on any atom is -1.00 e. The highest BCUT2D eigenvalue weighted by Gasteiger charge is 2.27. The van der Waals surface area contributed by atoms with Crippen LogP contribution >= 0.6 is 31.9 Å². The maximum Gasteiger partial charge on any atom is 0.342 e. The third-order valence-corrected chi connectivity index (χ3v) is 6.88. The van der Waals surface area contributed by atoms with Gasteiger partial charge >= 0.3 is 5.97 Å². The van der Waals surface area contributed by atoms with Crippen molar-refractivity contribution < 1.29 is 41.4 Å². The summed E-state index contributed by atoms with van der Waals surface area (Å²) in [6.07, 6.45) is 1.63. The molecule has 2 aromatic rings. The Balaban J connectivity index is 0.00000306. The lowest BCUT2D eigenvalue weighted by Gasteiger charge is -2.19. The van der Waals surface area contributed by atoms with Crippen LogP contribution in [-0.2, 0) is 4.74 Å². The molecular formula is C24H21Br3N2O4. The summed E-state index contributed by atoms with van der Waals surface area (Å²) in [5.41, 5.74) is 9.12. The predicted molar refractivity (Wildman–Crippen MR) is 130 cm³/mol. The number of aromatic hydroxyl groups is 1. The number of carbonyl (C=O) groups excluding carboxylic acids is 1. The van der Waals surface area contributed by atoms with Crippen molar-refractivity contribution in [2.24, 2.45) is 0 Å². The Bertz CT molecular complexity index is 1380. The molecule has 2 aromatic carbocycles. The number of hydrogen-bond acceptors (Lipinski definition) is 5. The van der Waals surface area contributed by atoms with Crippen LogP contribution in [0, 0.1) is 0 Å². The molecule has 2 aliphatic rings. The van der Waals surface area contributed by atoms with Crippen LogP contribution in [-0.4, -0.2) is 17.7 Å². The van der Waals surface area contributed by atoms with Crippen molar-refractivity contribution in [3.05, 3.63) is 62.3 Å². The van der Waals surface area contributed by atoms with E-state index in [2.05, 4.69) is 31.9 Å². The molecule has 4 rings (SSSR count). The van der Waals surface area contributed by atoms with Crippen molar-refractivity contribution >= 4 is 54.5 Å². The molecule has 33 heavy (non-hydrogen) atoms. The third kappa shape index (κ3) is 4.54. The van der Waals surface area contributed by atoms with Crippen LogP contribution in [0.15, 0.2) is 55.8 Å². The van der Waals surface area contributed by atoms with E-state index in [1.54, 1.807) is 24.3 Å². The van der Waals surface area contributed by atoms with E-state index in [4.69, 9.17) is 20.3 Å². The minimum absolute atomic E-state index is 0.